The number of alkyl halides is 2. The molecule has 0 aromatic carbocycles. The van der Waals surface area contributed by atoms with Crippen LogP contribution in [0.4, 0.5) is 8.78 Å². The van der Waals surface area contributed by atoms with Gasteiger partial charge in [0, 0.05) is 24.9 Å². The van der Waals surface area contributed by atoms with Gasteiger partial charge in [-0.15, -0.1) is 12.4 Å². The zero-order valence-corrected chi connectivity index (χ0v) is 8.27. The van der Waals surface area contributed by atoms with Gasteiger partial charge in [0.15, 0.2) is 0 Å². The van der Waals surface area contributed by atoms with Gasteiger partial charge in [-0.05, 0) is 11.6 Å². The van der Waals surface area contributed by atoms with E-state index in [1.807, 2.05) is 0 Å². The standard InChI is InChI=1S/C9H11F2NO.ClH/c10-9(11)8-4-12-3-7(8)6-1-2-13-5-6;/h1-2,5,7-9,12H,3-4H2;1H. The predicted molar refractivity (Wildman–Crippen MR) is 51.1 cm³/mol. The van der Waals surface area contributed by atoms with E-state index in [2.05, 4.69) is 5.32 Å². The molecule has 5 heteroatoms. The van der Waals surface area contributed by atoms with E-state index in [1.54, 1.807) is 12.3 Å². The SMILES string of the molecule is Cl.FC(F)C1CNCC1c1ccoc1. The van der Waals surface area contributed by atoms with Gasteiger partial charge in [0.25, 0.3) is 0 Å². The van der Waals surface area contributed by atoms with Crippen LogP contribution in [0.2, 0.25) is 0 Å². The fraction of sp³-hybridized carbons (Fsp3) is 0.556. The Balaban J connectivity index is 0.000000980. The van der Waals surface area contributed by atoms with Crippen molar-refractivity contribution in [1.29, 1.82) is 0 Å². The number of hydrogen-bond acceptors (Lipinski definition) is 2. The highest BCUT2D eigenvalue weighted by atomic mass is 35.5. The van der Waals surface area contributed by atoms with Crippen LogP contribution < -0.4 is 5.32 Å². The van der Waals surface area contributed by atoms with Crippen LogP contribution in [0.1, 0.15) is 11.5 Å². The van der Waals surface area contributed by atoms with Crippen LogP contribution in [0, 0.1) is 5.92 Å². The molecule has 0 amide bonds. The molecule has 0 spiro atoms. The van der Waals surface area contributed by atoms with Gasteiger partial charge in [-0.3, -0.25) is 0 Å². The summed E-state index contributed by atoms with van der Waals surface area (Å²) in [6.07, 6.45) is 0.818. The molecule has 0 radical (unpaired) electrons. The summed E-state index contributed by atoms with van der Waals surface area (Å²) in [5, 5.41) is 2.97. The third kappa shape index (κ3) is 2.07. The molecule has 0 saturated carbocycles. The molecule has 2 atom stereocenters. The van der Waals surface area contributed by atoms with Gasteiger partial charge >= 0.3 is 0 Å². The van der Waals surface area contributed by atoms with Gasteiger partial charge in [0.2, 0.25) is 6.43 Å². The van der Waals surface area contributed by atoms with Gasteiger partial charge in [-0.1, -0.05) is 0 Å². The maximum atomic E-state index is 12.5. The van der Waals surface area contributed by atoms with E-state index in [0.29, 0.717) is 13.1 Å². The zero-order chi connectivity index (χ0) is 9.26. The second-order valence-corrected chi connectivity index (χ2v) is 3.32. The van der Waals surface area contributed by atoms with Crippen LogP contribution in [0.3, 0.4) is 0 Å². The summed E-state index contributed by atoms with van der Waals surface area (Å²) in [5.74, 6) is -0.670. The lowest BCUT2D eigenvalue weighted by molar-refractivity contribution is 0.0787. The largest absolute Gasteiger partial charge is 0.472 e. The maximum Gasteiger partial charge on any atom is 0.243 e. The van der Waals surface area contributed by atoms with E-state index in [-0.39, 0.29) is 18.3 Å². The number of rotatable bonds is 2. The minimum atomic E-state index is -2.25. The van der Waals surface area contributed by atoms with Crippen molar-refractivity contribution in [3.8, 4) is 0 Å². The van der Waals surface area contributed by atoms with Gasteiger partial charge in [0.1, 0.15) is 0 Å². The summed E-state index contributed by atoms with van der Waals surface area (Å²) in [4.78, 5) is 0. The van der Waals surface area contributed by atoms with Crippen LogP contribution in [0.5, 0.6) is 0 Å². The van der Waals surface area contributed by atoms with Crippen LogP contribution in [0.15, 0.2) is 23.0 Å². The molecule has 2 unspecified atom stereocenters. The first-order valence-corrected chi connectivity index (χ1v) is 4.30. The Morgan fingerprint density at radius 2 is 2.21 bits per heavy atom. The van der Waals surface area contributed by atoms with Crippen LogP contribution in [-0.2, 0) is 0 Å². The molecule has 2 heterocycles. The number of hydrogen-bond donors (Lipinski definition) is 1. The van der Waals surface area contributed by atoms with Crippen molar-refractivity contribution in [1.82, 2.24) is 5.32 Å². The van der Waals surface area contributed by atoms with Crippen LogP contribution in [0.25, 0.3) is 0 Å². The molecule has 1 fully saturated rings. The average molecular weight is 224 g/mol. The Hall–Kier alpha value is -0.610. The van der Waals surface area contributed by atoms with Crippen molar-refractivity contribution >= 4 is 12.4 Å². The molecule has 0 aliphatic carbocycles. The molecule has 1 aliphatic rings. The molecule has 14 heavy (non-hydrogen) atoms. The quantitative estimate of drug-likeness (QED) is 0.832. The first kappa shape index (κ1) is 11.5. The van der Waals surface area contributed by atoms with Crippen molar-refractivity contribution < 1.29 is 13.2 Å². The molecule has 1 N–H and O–H groups in total. The lowest BCUT2D eigenvalue weighted by atomic mass is 9.91. The number of furan rings is 1. The summed E-state index contributed by atoms with van der Waals surface area (Å²) in [6, 6.07) is 1.76. The summed E-state index contributed by atoms with van der Waals surface area (Å²) in [5.41, 5.74) is 0.871. The smallest absolute Gasteiger partial charge is 0.243 e. The summed E-state index contributed by atoms with van der Waals surface area (Å²) in [6.45, 7) is 1.02. The molecular formula is C9H12ClF2NO. The van der Waals surface area contributed by atoms with Crippen LogP contribution >= 0.6 is 12.4 Å². The van der Waals surface area contributed by atoms with E-state index >= 15 is 0 Å². The minimum absolute atomic E-state index is 0. The van der Waals surface area contributed by atoms with Crippen molar-refractivity contribution in [3.05, 3.63) is 24.2 Å². The van der Waals surface area contributed by atoms with Crippen molar-refractivity contribution in [2.45, 2.75) is 12.3 Å². The predicted octanol–water partition coefficient (Wildman–Crippen LogP) is 2.27. The van der Waals surface area contributed by atoms with E-state index in [9.17, 15) is 8.78 Å². The van der Waals surface area contributed by atoms with Crippen molar-refractivity contribution in [3.63, 3.8) is 0 Å². The molecule has 80 valence electrons. The fourth-order valence-corrected chi connectivity index (χ4v) is 1.81. The van der Waals surface area contributed by atoms with E-state index in [4.69, 9.17) is 4.42 Å². The zero-order valence-electron chi connectivity index (χ0n) is 7.45. The Labute approximate surface area is 87.1 Å². The van der Waals surface area contributed by atoms with Gasteiger partial charge in [-0.2, -0.15) is 0 Å². The molecule has 0 bridgehead atoms. The lowest BCUT2D eigenvalue weighted by Crippen LogP contribution is -2.18. The highest BCUT2D eigenvalue weighted by Crippen LogP contribution is 2.32. The Morgan fingerprint density at radius 3 is 2.79 bits per heavy atom. The average Bonchev–Trinajstić information content (AvgIpc) is 2.74. The maximum absolute atomic E-state index is 12.5. The normalized spacial score (nSPS) is 26.5. The van der Waals surface area contributed by atoms with Gasteiger partial charge in [-0.25, -0.2) is 8.78 Å². The van der Waals surface area contributed by atoms with E-state index < -0.39 is 12.3 Å². The van der Waals surface area contributed by atoms with Crippen molar-refractivity contribution in [2.24, 2.45) is 5.92 Å². The molecule has 1 saturated heterocycles. The summed E-state index contributed by atoms with van der Waals surface area (Å²) in [7, 11) is 0. The molecule has 1 aliphatic heterocycles. The molecule has 2 nitrogen and oxygen atoms in total. The Bertz CT molecular complexity index is 266. The third-order valence-corrected chi connectivity index (χ3v) is 2.56. The molecular weight excluding hydrogens is 212 g/mol. The highest BCUT2D eigenvalue weighted by molar-refractivity contribution is 5.85. The molecule has 1 aromatic rings. The van der Waals surface area contributed by atoms with E-state index in [0.717, 1.165) is 5.56 Å². The first-order valence-electron chi connectivity index (χ1n) is 4.30. The summed E-state index contributed by atoms with van der Waals surface area (Å²) >= 11 is 0. The van der Waals surface area contributed by atoms with Gasteiger partial charge < -0.3 is 9.73 Å². The summed E-state index contributed by atoms with van der Waals surface area (Å²) < 4.78 is 29.9. The minimum Gasteiger partial charge on any atom is -0.472 e. The second-order valence-electron chi connectivity index (χ2n) is 3.32. The lowest BCUT2D eigenvalue weighted by Gasteiger charge is -2.15. The monoisotopic (exact) mass is 223 g/mol. The number of halogens is 3. The Kier molecular flexibility index (Phi) is 3.89. The Morgan fingerprint density at radius 1 is 1.43 bits per heavy atom. The highest BCUT2D eigenvalue weighted by Gasteiger charge is 2.35. The van der Waals surface area contributed by atoms with E-state index in [1.165, 1.54) is 6.26 Å². The third-order valence-electron chi connectivity index (χ3n) is 2.56. The molecule has 1 aromatic heterocycles. The first-order chi connectivity index (χ1) is 6.29. The van der Waals surface area contributed by atoms with Gasteiger partial charge in [0.05, 0.1) is 12.5 Å². The van der Waals surface area contributed by atoms with Crippen molar-refractivity contribution in [2.75, 3.05) is 13.1 Å². The number of nitrogens with one attached hydrogen (secondary N) is 1. The fourth-order valence-electron chi connectivity index (χ4n) is 1.81. The topological polar surface area (TPSA) is 25.2 Å². The second kappa shape index (κ2) is 4.75. The van der Waals surface area contributed by atoms with Crippen LogP contribution in [-0.4, -0.2) is 19.5 Å². The molecule has 2 rings (SSSR count).